The Morgan fingerprint density at radius 2 is 1.69 bits per heavy atom. The number of amides is 2. The molecule has 1 atom stereocenters. The number of nitrogens with one attached hydrogen (secondary N) is 2. The van der Waals surface area contributed by atoms with Gasteiger partial charge < -0.3 is 14.2 Å². The van der Waals surface area contributed by atoms with E-state index in [1.54, 1.807) is 44.4 Å². The minimum atomic E-state index is -0.790. The second kappa shape index (κ2) is 9.31. The molecule has 7 nitrogen and oxygen atoms in total. The topological polar surface area (TPSA) is 85.9 Å². The Labute approximate surface area is 152 Å². The zero-order chi connectivity index (χ0) is 18.9. The normalized spacial score (nSPS) is 11.2. The maximum absolute atomic E-state index is 12.0. The summed E-state index contributed by atoms with van der Waals surface area (Å²) < 4.78 is 15.9. The summed E-state index contributed by atoms with van der Waals surface area (Å²) in [5, 5.41) is 0. The lowest BCUT2D eigenvalue weighted by Gasteiger charge is -2.15. The molecule has 0 radical (unpaired) electrons. The Morgan fingerprint density at radius 3 is 2.35 bits per heavy atom. The van der Waals surface area contributed by atoms with Crippen LogP contribution in [0.3, 0.4) is 0 Å². The third-order valence-electron chi connectivity index (χ3n) is 3.43. The highest BCUT2D eigenvalue weighted by atomic mass is 16.5. The lowest BCUT2D eigenvalue weighted by atomic mass is 10.2. The van der Waals surface area contributed by atoms with Crippen molar-refractivity contribution in [1.29, 1.82) is 0 Å². The van der Waals surface area contributed by atoms with Gasteiger partial charge in [0, 0.05) is 0 Å². The number of carbonyl (C=O) groups excluding carboxylic acids is 2. The average Bonchev–Trinajstić information content (AvgIpc) is 2.65. The minimum Gasteiger partial charge on any atom is -0.497 e. The Bertz CT molecular complexity index is 746. The van der Waals surface area contributed by atoms with Crippen molar-refractivity contribution in [3.8, 4) is 17.2 Å². The number of benzene rings is 2. The molecule has 7 heteroatoms. The van der Waals surface area contributed by atoms with Gasteiger partial charge in [0.2, 0.25) is 0 Å². The number of rotatable bonds is 7. The molecule has 0 bridgehead atoms. The van der Waals surface area contributed by atoms with Crippen molar-refractivity contribution < 1.29 is 23.8 Å². The van der Waals surface area contributed by atoms with Crippen LogP contribution >= 0.6 is 0 Å². The Kier molecular flexibility index (Phi) is 6.84. The lowest BCUT2D eigenvalue weighted by molar-refractivity contribution is -0.133. The Balaban J connectivity index is 1.73. The number of hydrazine groups is 1. The average molecular weight is 358 g/mol. The highest BCUT2D eigenvalue weighted by molar-refractivity contribution is 5.85. The second-order valence-electron chi connectivity index (χ2n) is 5.58. The SMILES string of the molecule is COc1ccc(OC(C)C(=O)NNC(=O)COc2cccc(C)c2)cc1. The first-order valence-corrected chi connectivity index (χ1v) is 8.07. The molecule has 0 fully saturated rings. The van der Waals surface area contributed by atoms with Crippen LogP contribution in [-0.2, 0) is 9.59 Å². The maximum atomic E-state index is 12.0. The summed E-state index contributed by atoms with van der Waals surface area (Å²) in [5.41, 5.74) is 5.62. The number of hydrogen-bond acceptors (Lipinski definition) is 5. The van der Waals surface area contributed by atoms with Crippen molar-refractivity contribution >= 4 is 11.8 Å². The van der Waals surface area contributed by atoms with Crippen LogP contribution in [-0.4, -0.2) is 31.6 Å². The molecule has 1 unspecified atom stereocenters. The standard InChI is InChI=1S/C19H22N2O5/c1-13-5-4-6-17(11-13)25-12-18(22)20-21-19(23)14(2)26-16-9-7-15(24-3)8-10-16/h4-11,14H,12H2,1-3H3,(H,20,22)(H,21,23). The molecule has 138 valence electrons. The quantitative estimate of drug-likeness (QED) is 0.740. The van der Waals surface area contributed by atoms with Gasteiger partial charge in [-0.2, -0.15) is 0 Å². The predicted molar refractivity (Wildman–Crippen MR) is 96.0 cm³/mol. The molecule has 0 spiro atoms. The van der Waals surface area contributed by atoms with E-state index in [1.807, 2.05) is 25.1 Å². The molecule has 0 aromatic heterocycles. The molecular weight excluding hydrogens is 336 g/mol. The lowest BCUT2D eigenvalue weighted by Crippen LogP contribution is -2.48. The summed E-state index contributed by atoms with van der Waals surface area (Å²) in [6.07, 6.45) is -0.790. The fourth-order valence-corrected chi connectivity index (χ4v) is 2.03. The number of hydrogen-bond donors (Lipinski definition) is 2. The van der Waals surface area contributed by atoms with E-state index >= 15 is 0 Å². The highest BCUT2D eigenvalue weighted by Gasteiger charge is 2.15. The van der Waals surface area contributed by atoms with Crippen molar-refractivity contribution in [3.63, 3.8) is 0 Å². The summed E-state index contributed by atoms with van der Waals surface area (Å²) in [7, 11) is 1.57. The molecule has 2 rings (SSSR count). The van der Waals surface area contributed by atoms with Crippen LogP contribution in [0.2, 0.25) is 0 Å². The van der Waals surface area contributed by atoms with Crippen LogP contribution in [0.1, 0.15) is 12.5 Å². The van der Waals surface area contributed by atoms with Crippen LogP contribution in [0.4, 0.5) is 0 Å². The summed E-state index contributed by atoms with van der Waals surface area (Å²) in [5.74, 6) is 0.835. The monoisotopic (exact) mass is 358 g/mol. The molecule has 2 aromatic rings. The molecule has 26 heavy (non-hydrogen) atoms. The van der Waals surface area contributed by atoms with E-state index in [9.17, 15) is 9.59 Å². The fourth-order valence-electron chi connectivity index (χ4n) is 2.03. The van der Waals surface area contributed by atoms with Gasteiger partial charge in [-0.15, -0.1) is 0 Å². The molecule has 0 heterocycles. The van der Waals surface area contributed by atoms with Crippen molar-refractivity contribution in [1.82, 2.24) is 10.9 Å². The van der Waals surface area contributed by atoms with Crippen LogP contribution in [0.25, 0.3) is 0 Å². The van der Waals surface area contributed by atoms with Gasteiger partial charge >= 0.3 is 0 Å². The molecule has 0 aliphatic heterocycles. The van der Waals surface area contributed by atoms with Crippen LogP contribution in [0, 0.1) is 6.92 Å². The summed E-state index contributed by atoms with van der Waals surface area (Å²) in [6.45, 7) is 3.30. The van der Waals surface area contributed by atoms with Crippen LogP contribution in [0.5, 0.6) is 17.2 Å². The summed E-state index contributed by atoms with van der Waals surface area (Å²) >= 11 is 0. The molecule has 0 aliphatic rings. The number of aryl methyl sites for hydroxylation is 1. The summed E-state index contributed by atoms with van der Waals surface area (Å²) in [4.78, 5) is 23.7. The van der Waals surface area contributed by atoms with E-state index in [-0.39, 0.29) is 6.61 Å². The van der Waals surface area contributed by atoms with Gasteiger partial charge in [0.25, 0.3) is 11.8 Å². The predicted octanol–water partition coefficient (Wildman–Crippen LogP) is 2.00. The van der Waals surface area contributed by atoms with E-state index in [4.69, 9.17) is 14.2 Å². The van der Waals surface area contributed by atoms with Crippen molar-refractivity contribution in [2.24, 2.45) is 0 Å². The van der Waals surface area contributed by atoms with Crippen molar-refractivity contribution in [3.05, 3.63) is 54.1 Å². The zero-order valence-electron chi connectivity index (χ0n) is 14.9. The van der Waals surface area contributed by atoms with E-state index in [0.29, 0.717) is 17.2 Å². The largest absolute Gasteiger partial charge is 0.497 e. The van der Waals surface area contributed by atoms with Crippen LogP contribution < -0.4 is 25.1 Å². The highest BCUT2D eigenvalue weighted by Crippen LogP contribution is 2.18. The molecule has 2 amide bonds. The van der Waals surface area contributed by atoms with Gasteiger partial charge in [0.05, 0.1) is 7.11 Å². The third-order valence-corrected chi connectivity index (χ3v) is 3.43. The molecule has 0 saturated carbocycles. The third kappa shape index (κ3) is 6.01. The fraction of sp³-hybridized carbons (Fsp3) is 0.263. The molecule has 0 aliphatic carbocycles. The summed E-state index contributed by atoms with van der Waals surface area (Å²) in [6, 6.07) is 14.2. The Morgan fingerprint density at radius 1 is 1.00 bits per heavy atom. The van der Waals surface area contributed by atoms with Gasteiger partial charge in [0.15, 0.2) is 12.7 Å². The van der Waals surface area contributed by atoms with Crippen molar-refractivity contribution in [2.45, 2.75) is 20.0 Å². The number of methoxy groups -OCH3 is 1. The van der Waals surface area contributed by atoms with E-state index < -0.39 is 17.9 Å². The molecular formula is C19H22N2O5. The zero-order valence-corrected chi connectivity index (χ0v) is 14.9. The van der Waals surface area contributed by atoms with E-state index in [0.717, 1.165) is 5.56 Å². The maximum Gasteiger partial charge on any atom is 0.279 e. The van der Waals surface area contributed by atoms with E-state index in [1.165, 1.54) is 0 Å². The van der Waals surface area contributed by atoms with Crippen molar-refractivity contribution in [2.75, 3.05) is 13.7 Å². The molecule has 2 N–H and O–H groups in total. The number of ether oxygens (including phenoxy) is 3. The second-order valence-corrected chi connectivity index (χ2v) is 5.58. The smallest absolute Gasteiger partial charge is 0.279 e. The molecule has 0 saturated heterocycles. The number of carbonyl (C=O) groups is 2. The minimum absolute atomic E-state index is 0.211. The first-order valence-electron chi connectivity index (χ1n) is 8.07. The molecule has 2 aromatic carbocycles. The van der Waals surface area contributed by atoms with Gasteiger partial charge in [0.1, 0.15) is 17.2 Å². The first kappa shape index (κ1) is 19.1. The van der Waals surface area contributed by atoms with E-state index in [2.05, 4.69) is 10.9 Å². The first-order chi connectivity index (χ1) is 12.5. The Hall–Kier alpha value is -3.22. The van der Waals surface area contributed by atoms with Gasteiger partial charge in [-0.1, -0.05) is 12.1 Å². The van der Waals surface area contributed by atoms with Gasteiger partial charge in [-0.05, 0) is 55.8 Å². The van der Waals surface area contributed by atoms with Gasteiger partial charge in [-0.25, -0.2) is 0 Å². The van der Waals surface area contributed by atoms with Gasteiger partial charge in [-0.3, -0.25) is 20.4 Å². The van der Waals surface area contributed by atoms with Crippen LogP contribution in [0.15, 0.2) is 48.5 Å².